The Morgan fingerprint density at radius 3 is 1.00 bits per heavy atom. The Balaban J connectivity index is -0.0000000133. The van der Waals surface area contributed by atoms with Gasteiger partial charge in [-0.3, -0.25) is 0 Å². The van der Waals surface area contributed by atoms with E-state index in [9.17, 15) is 0 Å². The van der Waals surface area contributed by atoms with Crippen LogP contribution in [0.4, 0.5) is 0 Å². The molecule has 0 aliphatic carbocycles. The van der Waals surface area contributed by atoms with E-state index < -0.39 is 9.05 Å². The molecule has 0 aromatic carbocycles. The van der Waals surface area contributed by atoms with Crippen LogP contribution in [0, 0.1) is 0 Å². The number of rotatable bonds is 0. The average molecular weight is 234 g/mol. The van der Waals surface area contributed by atoms with Crippen LogP contribution in [0.15, 0.2) is 0 Å². The van der Waals surface area contributed by atoms with Crippen molar-refractivity contribution in [1.82, 2.24) is 0 Å². The van der Waals surface area contributed by atoms with Crippen LogP contribution >= 0.6 is 0 Å². The van der Waals surface area contributed by atoms with Gasteiger partial charge in [0.05, 0.1) is 0 Å². The molecule has 42 valence electrons. The van der Waals surface area contributed by atoms with Gasteiger partial charge in [-0.1, -0.05) is 0 Å². The van der Waals surface area contributed by atoms with Crippen LogP contribution in [-0.2, 0) is 21.1 Å². The summed E-state index contributed by atoms with van der Waals surface area (Å²) in [6.07, 6.45) is 0. The molecule has 0 fully saturated rings. The van der Waals surface area contributed by atoms with E-state index in [2.05, 4.69) is 0 Å². The van der Waals surface area contributed by atoms with E-state index in [1.165, 1.54) is 0 Å². The van der Waals surface area contributed by atoms with Crippen LogP contribution in [0.3, 0.4) is 0 Å². The van der Waals surface area contributed by atoms with E-state index in [0.29, 0.717) is 0 Å². The molecule has 0 unspecified atom stereocenters. The summed E-state index contributed by atoms with van der Waals surface area (Å²) in [5, 5.41) is 0. The zero-order valence-corrected chi connectivity index (χ0v) is 8.62. The fourth-order valence-corrected chi connectivity index (χ4v) is 0. The van der Waals surface area contributed by atoms with Crippen molar-refractivity contribution in [2.24, 2.45) is 0 Å². The maximum atomic E-state index is 7.33. The third-order valence-electron chi connectivity index (χ3n) is 0. The summed E-state index contributed by atoms with van der Waals surface area (Å²) in [6, 6.07) is 0. The second-order valence-corrected chi connectivity index (χ2v) is 1.80. The van der Waals surface area contributed by atoms with Crippen molar-refractivity contribution in [3.8, 4) is 0 Å². The molecule has 0 aliphatic heterocycles. The Bertz CT molecular complexity index is 34.0. The summed E-state index contributed by atoms with van der Waals surface area (Å²) in [4.78, 5) is 29.3. The zero-order valence-electron chi connectivity index (χ0n) is 5.40. The molecule has 0 aromatic rings. The van der Waals surface area contributed by atoms with Crippen molar-refractivity contribution in [2.45, 2.75) is 0 Å². The quantitative estimate of drug-likeness (QED) is 0.342. The summed E-state index contributed by atoms with van der Waals surface area (Å²) in [5.74, 6) is 0. The van der Waals surface area contributed by atoms with Crippen LogP contribution in [0.1, 0.15) is 2.85 Å². The molecular formula is H6CaMoO4Si. The smallest absolute Gasteiger partial charge is 1.00 e. The minimum absolute atomic E-state index is 0. The van der Waals surface area contributed by atoms with E-state index in [-0.39, 0.29) is 61.7 Å². The molecular weight excluding hydrogens is 228 g/mol. The van der Waals surface area contributed by atoms with Gasteiger partial charge in [0, 0.05) is 21.1 Å². The van der Waals surface area contributed by atoms with Crippen LogP contribution < -0.4 is 0 Å². The first-order valence-electron chi connectivity index (χ1n) is 0.894. The average Bonchev–Trinajstić information content (AvgIpc) is 0.722. The first-order chi connectivity index (χ1) is 2.00. The maximum absolute atomic E-state index is 7.33. The molecule has 0 aliphatic rings. The topological polar surface area (TPSA) is 80.9 Å². The van der Waals surface area contributed by atoms with E-state index in [4.69, 9.17) is 19.2 Å². The first kappa shape index (κ1) is 16.0. The summed E-state index contributed by atoms with van der Waals surface area (Å²) >= 11 is 0. The third-order valence-corrected chi connectivity index (χ3v) is 0. The van der Waals surface area contributed by atoms with Gasteiger partial charge >= 0.3 is 46.8 Å². The molecule has 4 nitrogen and oxygen atoms in total. The van der Waals surface area contributed by atoms with Gasteiger partial charge in [0.1, 0.15) is 0 Å². The molecule has 0 heterocycles. The molecule has 0 radical (unpaired) electrons. The Hall–Kier alpha value is 2.00. The minimum atomic E-state index is -4.61. The SMILES string of the molecule is O[Si](O)(O)O.[Ca+2].[H-].[H-].[Mo]. The Labute approximate surface area is 88.9 Å². The molecule has 0 saturated carbocycles. The zero-order chi connectivity index (χ0) is 4.50. The molecule has 0 bridgehead atoms. The van der Waals surface area contributed by atoms with Crippen LogP contribution in [0.5, 0.6) is 0 Å². The van der Waals surface area contributed by atoms with Crippen LogP contribution in [-0.4, -0.2) is 66.0 Å². The Morgan fingerprint density at radius 1 is 1.00 bits per heavy atom. The summed E-state index contributed by atoms with van der Waals surface area (Å²) in [5.41, 5.74) is 0. The van der Waals surface area contributed by atoms with Crippen molar-refractivity contribution < 1.29 is 43.1 Å². The molecule has 4 N–H and O–H groups in total. The minimum Gasteiger partial charge on any atom is -1.00 e. The van der Waals surface area contributed by atoms with Gasteiger partial charge in [-0.2, -0.15) is 0 Å². The molecule has 0 amide bonds. The third kappa shape index (κ3) is 71.8. The van der Waals surface area contributed by atoms with E-state index >= 15 is 0 Å². The first-order valence-corrected chi connectivity index (χ1v) is 2.68. The van der Waals surface area contributed by atoms with Crippen molar-refractivity contribution >= 4 is 46.8 Å². The summed E-state index contributed by atoms with van der Waals surface area (Å²) < 4.78 is 0. The largest absolute Gasteiger partial charge is 2.00 e. The van der Waals surface area contributed by atoms with E-state index in [1.54, 1.807) is 0 Å². The number of hydrogen-bond donors (Lipinski definition) is 4. The molecule has 0 atom stereocenters. The van der Waals surface area contributed by atoms with Gasteiger partial charge in [0.2, 0.25) is 0 Å². The van der Waals surface area contributed by atoms with Crippen molar-refractivity contribution in [2.75, 3.05) is 0 Å². The summed E-state index contributed by atoms with van der Waals surface area (Å²) in [7, 11) is -4.61. The van der Waals surface area contributed by atoms with Crippen molar-refractivity contribution in [3.63, 3.8) is 0 Å². The second-order valence-electron chi connectivity index (χ2n) is 0.600. The predicted molar refractivity (Wildman–Crippen MR) is 22.6 cm³/mol. The maximum Gasteiger partial charge on any atom is 2.00 e. The fraction of sp³-hybridized carbons (Fsp3) is 0. The van der Waals surface area contributed by atoms with Crippen LogP contribution in [0.25, 0.3) is 0 Å². The van der Waals surface area contributed by atoms with Crippen LogP contribution in [0.2, 0.25) is 0 Å². The van der Waals surface area contributed by atoms with Gasteiger partial charge in [-0.05, 0) is 0 Å². The molecule has 7 heavy (non-hydrogen) atoms. The predicted octanol–water partition coefficient (Wildman–Crippen LogP) is -2.77. The monoisotopic (exact) mass is 236 g/mol. The normalized spacial score (nSPS) is 8.57. The van der Waals surface area contributed by atoms with Crippen molar-refractivity contribution in [3.05, 3.63) is 0 Å². The molecule has 0 rings (SSSR count). The van der Waals surface area contributed by atoms with E-state index in [0.717, 1.165) is 0 Å². The molecule has 7 heteroatoms. The molecule has 0 spiro atoms. The van der Waals surface area contributed by atoms with Gasteiger partial charge in [0.15, 0.2) is 0 Å². The van der Waals surface area contributed by atoms with E-state index in [1.807, 2.05) is 0 Å². The van der Waals surface area contributed by atoms with Gasteiger partial charge in [-0.15, -0.1) is 0 Å². The Morgan fingerprint density at radius 2 is 1.00 bits per heavy atom. The standard InChI is InChI=1S/Ca.Mo.H4O4Si.2H/c;;1-5(2,3)4;;/h;;1-4H;;/q+2;;;2*-1. The Kier molecular flexibility index (Phi) is 14.0. The molecule has 0 saturated heterocycles. The molecule has 0 aromatic heterocycles. The number of hydrogen-bond acceptors (Lipinski definition) is 4. The fourth-order valence-electron chi connectivity index (χ4n) is 0. The van der Waals surface area contributed by atoms with Gasteiger partial charge in [-0.25, -0.2) is 0 Å². The summed E-state index contributed by atoms with van der Waals surface area (Å²) in [6.45, 7) is 0. The second kappa shape index (κ2) is 6.13. The van der Waals surface area contributed by atoms with Gasteiger partial charge < -0.3 is 22.0 Å². The van der Waals surface area contributed by atoms with Gasteiger partial charge in [0.25, 0.3) is 0 Å². The van der Waals surface area contributed by atoms with Crippen molar-refractivity contribution in [1.29, 1.82) is 0 Å².